The van der Waals surface area contributed by atoms with E-state index in [0.717, 1.165) is 44.4 Å². The zero-order chi connectivity index (χ0) is 24.7. The van der Waals surface area contributed by atoms with E-state index in [9.17, 15) is 15.2 Å². The van der Waals surface area contributed by atoms with Crippen molar-refractivity contribution in [2.45, 2.75) is 38.8 Å². The molecule has 6 heteroatoms. The maximum Gasteiger partial charge on any atom is 0.335 e. The number of hydrogen-bond acceptors (Lipinski definition) is 3. The number of aromatic carboxylic acids is 1. The molecule has 1 aromatic heterocycles. The van der Waals surface area contributed by atoms with Crippen LogP contribution in [0.15, 0.2) is 65.7 Å². The summed E-state index contributed by atoms with van der Waals surface area (Å²) in [6.45, 7) is 5.34. The van der Waals surface area contributed by atoms with Crippen LogP contribution in [0.1, 0.15) is 53.0 Å². The number of carboxylic acids is 1. The fourth-order valence-electron chi connectivity index (χ4n) is 4.97. The first kappa shape index (κ1) is 22.9. The predicted octanol–water partition coefficient (Wildman–Crippen LogP) is 6.83. The van der Waals surface area contributed by atoms with Crippen LogP contribution in [-0.4, -0.2) is 21.9 Å². The maximum absolute atomic E-state index is 11.5. The summed E-state index contributed by atoms with van der Waals surface area (Å²) in [5.74, 6) is -0.960. The lowest BCUT2D eigenvalue weighted by Crippen LogP contribution is -2.23. The SMILES string of the molecule is CC(C)(CC#N)c1c(-c2ccc(C(=O)O)cc2)c2cc3c(cc2n1Cc1ccccc1Cl)C=NC3. The molecular formula is C29H24ClN3O2. The highest BCUT2D eigenvalue weighted by Crippen LogP contribution is 2.44. The number of carboxylic acid groups (broad SMARTS) is 1. The Morgan fingerprint density at radius 2 is 1.91 bits per heavy atom. The van der Waals surface area contributed by atoms with Gasteiger partial charge in [-0.2, -0.15) is 5.26 Å². The lowest BCUT2D eigenvalue weighted by molar-refractivity contribution is 0.0697. The Balaban J connectivity index is 1.86. The molecule has 0 amide bonds. The molecule has 0 saturated carbocycles. The Morgan fingerprint density at radius 1 is 1.17 bits per heavy atom. The second-order valence-corrected chi connectivity index (χ2v) is 9.95. The van der Waals surface area contributed by atoms with Crippen LogP contribution in [0.4, 0.5) is 0 Å². The summed E-state index contributed by atoms with van der Waals surface area (Å²) >= 11 is 6.58. The highest BCUT2D eigenvalue weighted by atomic mass is 35.5. The molecule has 174 valence electrons. The number of aliphatic imine (C=N–C) groups is 1. The topological polar surface area (TPSA) is 78.4 Å². The zero-order valence-electron chi connectivity index (χ0n) is 19.5. The van der Waals surface area contributed by atoms with Crippen molar-refractivity contribution in [2.75, 3.05) is 0 Å². The average molecular weight is 482 g/mol. The largest absolute Gasteiger partial charge is 0.478 e. The summed E-state index contributed by atoms with van der Waals surface area (Å²) < 4.78 is 2.26. The summed E-state index contributed by atoms with van der Waals surface area (Å²) in [4.78, 5) is 15.9. The summed E-state index contributed by atoms with van der Waals surface area (Å²) in [6.07, 6.45) is 2.23. The van der Waals surface area contributed by atoms with Gasteiger partial charge in [0.15, 0.2) is 0 Å². The van der Waals surface area contributed by atoms with Crippen molar-refractivity contribution in [3.63, 3.8) is 0 Å². The number of hydrogen-bond donors (Lipinski definition) is 1. The molecule has 0 radical (unpaired) electrons. The number of benzene rings is 3. The summed E-state index contributed by atoms with van der Waals surface area (Å²) in [5.41, 5.74) is 6.98. The van der Waals surface area contributed by atoms with Gasteiger partial charge in [-0.15, -0.1) is 0 Å². The van der Waals surface area contributed by atoms with Gasteiger partial charge in [0.2, 0.25) is 0 Å². The molecule has 1 N–H and O–H groups in total. The molecule has 0 atom stereocenters. The molecule has 1 aliphatic rings. The first-order valence-electron chi connectivity index (χ1n) is 11.4. The normalized spacial score (nSPS) is 12.6. The van der Waals surface area contributed by atoms with Crippen LogP contribution in [0.5, 0.6) is 0 Å². The fraction of sp³-hybridized carbons (Fsp3) is 0.207. The molecule has 0 spiro atoms. The van der Waals surface area contributed by atoms with Crippen LogP contribution in [0, 0.1) is 11.3 Å². The van der Waals surface area contributed by atoms with Crippen molar-refractivity contribution in [3.8, 4) is 17.2 Å². The first-order chi connectivity index (χ1) is 16.8. The Labute approximate surface area is 208 Å². The van der Waals surface area contributed by atoms with E-state index in [-0.39, 0.29) is 5.56 Å². The van der Waals surface area contributed by atoms with Crippen molar-refractivity contribution in [1.82, 2.24) is 4.57 Å². The molecule has 1 aliphatic heterocycles. The average Bonchev–Trinajstić information content (AvgIpc) is 3.41. The third-order valence-electron chi connectivity index (χ3n) is 6.69. The van der Waals surface area contributed by atoms with Gasteiger partial charge in [0.25, 0.3) is 0 Å². The van der Waals surface area contributed by atoms with E-state index in [1.807, 2.05) is 42.6 Å². The van der Waals surface area contributed by atoms with Crippen LogP contribution in [-0.2, 0) is 18.5 Å². The lowest BCUT2D eigenvalue weighted by atomic mass is 9.81. The smallest absolute Gasteiger partial charge is 0.335 e. The van der Waals surface area contributed by atoms with E-state index in [1.165, 1.54) is 0 Å². The molecule has 35 heavy (non-hydrogen) atoms. The summed E-state index contributed by atoms with van der Waals surface area (Å²) in [5, 5.41) is 20.8. The quantitative estimate of drug-likeness (QED) is 0.327. The van der Waals surface area contributed by atoms with Crippen molar-refractivity contribution in [3.05, 3.63) is 93.6 Å². The Bertz CT molecular complexity index is 1540. The minimum atomic E-state index is -0.960. The monoisotopic (exact) mass is 481 g/mol. The molecule has 3 aromatic carbocycles. The van der Waals surface area contributed by atoms with Crippen LogP contribution in [0.2, 0.25) is 5.02 Å². The van der Waals surface area contributed by atoms with E-state index in [0.29, 0.717) is 24.5 Å². The van der Waals surface area contributed by atoms with Gasteiger partial charge in [0, 0.05) is 51.8 Å². The minimum Gasteiger partial charge on any atom is -0.478 e. The van der Waals surface area contributed by atoms with Crippen LogP contribution in [0.3, 0.4) is 0 Å². The molecule has 0 unspecified atom stereocenters. The summed E-state index contributed by atoms with van der Waals surface area (Å²) in [6, 6.07) is 21.5. The van der Waals surface area contributed by atoms with Gasteiger partial charge >= 0.3 is 5.97 Å². The van der Waals surface area contributed by atoms with Crippen molar-refractivity contribution >= 4 is 34.7 Å². The van der Waals surface area contributed by atoms with Gasteiger partial charge in [-0.25, -0.2) is 4.79 Å². The van der Waals surface area contributed by atoms with Crippen LogP contribution in [0.25, 0.3) is 22.0 Å². The number of aromatic nitrogens is 1. The molecule has 0 bridgehead atoms. The number of nitriles is 1. The number of halogens is 1. The van der Waals surface area contributed by atoms with Gasteiger partial charge in [-0.1, -0.05) is 55.8 Å². The number of fused-ring (bicyclic) bond motifs is 2. The van der Waals surface area contributed by atoms with E-state index >= 15 is 0 Å². The Morgan fingerprint density at radius 3 is 2.60 bits per heavy atom. The van der Waals surface area contributed by atoms with Crippen LogP contribution < -0.4 is 0 Å². The molecule has 5 rings (SSSR count). The molecule has 0 saturated heterocycles. The van der Waals surface area contributed by atoms with Crippen LogP contribution >= 0.6 is 11.6 Å². The fourth-order valence-corrected chi connectivity index (χ4v) is 5.17. The van der Waals surface area contributed by atoms with E-state index < -0.39 is 11.4 Å². The maximum atomic E-state index is 11.5. The third-order valence-corrected chi connectivity index (χ3v) is 7.05. The van der Waals surface area contributed by atoms with Crippen molar-refractivity contribution < 1.29 is 9.90 Å². The second-order valence-electron chi connectivity index (χ2n) is 9.54. The molecule has 2 heterocycles. The number of carbonyl (C=O) groups is 1. The van der Waals surface area contributed by atoms with Gasteiger partial charge < -0.3 is 9.67 Å². The van der Waals surface area contributed by atoms with E-state index in [1.54, 1.807) is 12.1 Å². The molecular weight excluding hydrogens is 458 g/mol. The number of nitrogens with zero attached hydrogens (tertiary/aromatic N) is 3. The molecule has 4 aromatic rings. The molecule has 0 aliphatic carbocycles. The molecule has 0 fully saturated rings. The number of rotatable bonds is 6. The highest BCUT2D eigenvalue weighted by molar-refractivity contribution is 6.31. The summed E-state index contributed by atoms with van der Waals surface area (Å²) in [7, 11) is 0. The van der Waals surface area contributed by atoms with Crippen molar-refractivity contribution in [1.29, 1.82) is 5.26 Å². The van der Waals surface area contributed by atoms with Crippen molar-refractivity contribution in [2.24, 2.45) is 4.99 Å². The minimum absolute atomic E-state index is 0.237. The third kappa shape index (κ3) is 4.00. The first-order valence-corrected chi connectivity index (χ1v) is 11.8. The van der Waals surface area contributed by atoms with Gasteiger partial charge in [0.05, 0.1) is 18.2 Å². The van der Waals surface area contributed by atoms with E-state index in [2.05, 4.69) is 41.6 Å². The highest BCUT2D eigenvalue weighted by Gasteiger charge is 2.32. The zero-order valence-corrected chi connectivity index (χ0v) is 20.3. The Hall–Kier alpha value is -3.88. The van der Waals surface area contributed by atoms with E-state index in [4.69, 9.17) is 11.6 Å². The van der Waals surface area contributed by atoms with Gasteiger partial charge in [-0.05, 0) is 52.6 Å². The standard InChI is InChI=1S/C29H24ClN3O2/c1-29(2,11-12-31)27-26(18-7-9-19(10-8-18)28(34)35)23-13-21-15-32-16-22(21)14-25(23)33(27)17-20-5-3-4-6-24(20)30/h3-10,13-14,16H,11,15,17H2,1-2H3,(H,34,35). The second kappa shape index (κ2) is 8.72. The lowest BCUT2D eigenvalue weighted by Gasteiger charge is -2.27. The van der Waals surface area contributed by atoms with Gasteiger partial charge in [0.1, 0.15) is 0 Å². The predicted molar refractivity (Wildman–Crippen MR) is 139 cm³/mol. The Kier molecular flexibility index (Phi) is 5.70. The van der Waals surface area contributed by atoms with Gasteiger partial charge in [-0.3, -0.25) is 4.99 Å². The molecule has 5 nitrogen and oxygen atoms in total.